The van der Waals surface area contributed by atoms with Gasteiger partial charge in [-0.15, -0.1) is 0 Å². The molecule has 72 heavy (non-hydrogen) atoms. The quantitative estimate of drug-likeness (QED) is 0.0279. The first kappa shape index (κ1) is 54.6. The van der Waals surface area contributed by atoms with Crippen LogP contribution in [-0.2, 0) is 44.7 Å². The number of esters is 2. The summed E-state index contributed by atoms with van der Waals surface area (Å²) in [6, 6.07) is 14.0. The molecule has 4 aromatic carbocycles. The summed E-state index contributed by atoms with van der Waals surface area (Å²) < 4.78 is 75.7. The van der Waals surface area contributed by atoms with Gasteiger partial charge in [0.15, 0.2) is 46.0 Å². The number of hydrogen-bond acceptors (Lipinski definition) is 15. The van der Waals surface area contributed by atoms with E-state index < -0.39 is 11.9 Å². The van der Waals surface area contributed by atoms with Crippen LogP contribution >= 0.6 is 0 Å². The Balaban J connectivity index is 1.09. The minimum atomic E-state index is -0.627. The molecule has 6 rings (SSSR count). The van der Waals surface area contributed by atoms with Crippen molar-refractivity contribution < 1.29 is 80.1 Å². The van der Waals surface area contributed by atoms with E-state index >= 15 is 0 Å². The Labute approximate surface area is 424 Å². The minimum Gasteiger partial charge on any atom is -0.493 e. The van der Waals surface area contributed by atoms with E-state index in [2.05, 4.69) is 26.2 Å². The lowest BCUT2D eigenvalue weighted by molar-refractivity contribution is -0.941. The van der Waals surface area contributed by atoms with Crippen LogP contribution in [0.1, 0.15) is 58.3 Å². The van der Waals surface area contributed by atoms with Crippen molar-refractivity contribution in [2.75, 3.05) is 132 Å². The fraction of sp³-hybridized carbons (Fsp3) is 0.491. The number of quaternary nitrogens is 2. The zero-order valence-corrected chi connectivity index (χ0v) is 44.4. The van der Waals surface area contributed by atoms with E-state index in [1.54, 1.807) is 78.2 Å². The molecule has 0 spiro atoms. The number of nitrogens with zero attached hydrogens (tertiary/aromatic N) is 2. The molecule has 392 valence electrons. The summed E-state index contributed by atoms with van der Waals surface area (Å²) >= 11 is 0. The Morgan fingerprint density at radius 2 is 0.833 bits per heavy atom. The van der Waals surface area contributed by atoms with Gasteiger partial charge in [0.25, 0.3) is 0 Å². The van der Waals surface area contributed by atoms with Gasteiger partial charge in [-0.05, 0) is 64.7 Å². The number of ether oxygens (including phenoxy) is 13. The summed E-state index contributed by atoms with van der Waals surface area (Å²) in [5.41, 5.74) is 6.45. The smallest absolute Gasteiger partial charge is 0.331 e. The molecular weight excluding hydrogens is 929 g/mol. The predicted octanol–water partition coefficient (Wildman–Crippen LogP) is 7.48. The number of fused-ring (bicyclic) bond motifs is 2. The van der Waals surface area contributed by atoms with E-state index in [0.717, 1.165) is 65.9 Å². The van der Waals surface area contributed by atoms with Gasteiger partial charge in [0, 0.05) is 56.2 Å². The van der Waals surface area contributed by atoms with E-state index in [-0.39, 0.29) is 25.3 Å². The maximum atomic E-state index is 13.0. The standard InChI is InChI=1S/C55H74N2O15/c1-56(22-18-37-32-42(60-3)43(61-4)34-39(37)40(56)26-35-28-44(62-5)52(67-10)45(29-35)63-6)20-14-24-71-49(58)16-17-50(59)72-25-15-21-57(2)23-19-38-33-48(66-9)54(69-12)55(70-13)51(38)41(57)27-36-30-46(64-7)53(68-11)47(31-36)65-8/h16-17,28-34,40-41H,14-15,18-27H2,1-13H3/q+2. The SMILES string of the molecule is COc1cc2c(cc1OC)C(Cc1cc(OC)c(OC)c(OC)c1)[N+](C)(CCCOC(=O)C=CC(=O)OCCC[N+]1(C)CCc3cc(OC)c(OC)c(OC)c3C1Cc1cc(OC)c(OC)c(OC)c1)CC2. The molecule has 0 aromatic heterocycles. The molecule has 4 atom stereocenters. The highest BCUT2D eigenvalue weighted by molar-refractivity contribution is 5.91. The van der Waals surface area contributed by atoms with Gasteiger partial charge in [0.1, 0.15) is 12.1 Å². The van der Waals surface area contributed by atoms with E-state index in [1.807, 2.05) is 30.3 Å². The van der Waals surface area contributed by atoms with Crippen LogP contribution in [0.2, 0.25) is 0 Å². The van der Waals surface area contributed by atoms with Crippen molar-refractivity contribution in [1.29, 1.82) is 0 Å². The number of benzene rings is 4. The molecule has 0 saturated heterocycles. The lowest BCUT2D eigenvalue weighted by atomic mass is 9.85. The first-order chi connectivity index (χ1) is 34.7. The number of likely N-dealkylation sites (N-methyl/N-ethyl adjacent to an activating group) is 2. The lowest BCUT2D eigenvalue weighted by Crippen LogP contribution is -2.52. The third-order valence-corrected chi connectivity index (χ3v) is 14.4. The molecule has 0 saturated carbocycles. The Bertz CT molecular complexity index is 2510. The predicted molar refractivity (Wildman–Crippen MR) is 270 cm³/mol. The van der Waals surface area contributed by atoms with Crippen LogP contribution in [-0.4, -0.2) is 153 Å². The monoisotopic (exact) mass is 1000 g/mol. The summed E-state index contributed by atoms with van der Waals surface area (Å²) in [7, 11) is 22.2. The highest BCUT2D eigenvalue weighted by Gasteiger charge is 2.44. The topological polar surface area (TPSA) is 154 Å². The molecule has 0 N–H and O–H groups in total. The summed E-state index contributed by atoms with van der Waals surface area (Å²) in [6.07, 6.45) is 6.21. The molecule has 4 aromatic rings. The van der Waals surface area contributed by atoms with E-state index in [1.165, 1.54) is 5.56 Å². The fourth-order valence-corrected chi connectivity index (χ4v) is 10.5. The van der Waals surface area contributed by atoms with Crippen molar-refractivity contribution in [2.45, 2.75) is 50.6 Å². The Hall–Kier alpha value is -6.72. The molecule has 0 bridgehead atoms. The van der Waals surface area contributed by atoms with Crippen molar-refractivity contribution in [2.24, 2.45) is 0 Å². The third-order valence-electron chi connectivity index (χ3n) is 14.4. The third kappa shape index (κ3) is 11.8. The van der Waals surface area contributed by atoms with Crippen molar-refractivity contribution in [1.82, 2.24) is 0 Å². The molecule has 17 heteroatoms. The summed E-state index contributed by atoms with van der Waals surface area (Å²) in [5.74, 6) is 5.14. The van der Waals surface area contributed by atoms with Crippen LogP contribution in [0, 0.1) is 0 Å². The average molecular weight is 1000 g/mol. The highest BCUT2D eigenvalue weighted by Crippen LogP contribution is 2.51. The molecule has 2 aliphatic heterocycles. The van der Waals surface area contributed by atoms with Crippen LogP contribution in [0.4, 0.5) is 0 Å². The van der Waals surface area contributed by atoms with Gasteiger partial charge in [-0.1, -0.05) is 0 Å². The lowest BCUT2D eigenvalue weighted by Gasteiger charge is -2.46. The maximum Gasteiger partial charge on any atom is 0.331 e. The Kier molecular flexibility index (Phi) is 18.7. The van der Waals surface area contributed by atoms with Crippen molar-refractivity contribution in [3.8, 4) is 63.2 Å². The van der Waals surface area contributed by atoms with Gasteiger partial charge < -0.3 is 70.5 Å². The zero-order valence-electron chi connectivity index (χ0n) is 44.4. The van der Waals surface area contributed by atoms with E-state index in [0.29, 0.717) is 111 Å². The van der Waals surface area contributed by atoms with Crippen LogP contribution in [0.15, 0.2) is 54.6 Å². The molecule has 4 unspecified atom stereocenters. The van der Waals surface area contributed by atoms with Crippen molar-refractivity contribution >= 4 is 11.9 Å². The van der Waals surface area contributed by atoms with Gasteiger partial charge in [-0.3, -0.25) is 0 Å². The van der Waals surface area contributed by atoms with E-state index in [9.17, 15) is 9.59 Å². The summed E-state index contributed by atoms with van der Waals surface area (Å²) in [4.78, 5) is 25.9. The van der Waals surface area contributed by atoms with Gasteiger partial charge >= 0.3 is 11.9 Å². The highest BCUT2D eigenvalue weighted by atomic mass is 16.6. The first-order valence-corrected chi connectivity index (χ1v) is 24.1. The van der Waals surface area contributed by atoms with E-state index in [4.69, 9.17) is 61.6 Å². The van der Waals surface area contributed by atoms with Crippen LogP contribution in [0.5, 0.6) is 63.2 Å². The van der Waals surface area contributed by atoms with Gasteiger partial charge in [-0.2, -0.15) is 0 Å². The first-order valence-electron chi connectivity index (χ1n) is 24.1. The molecule has 0 fully saturated rings. The normalized spacial score (nSPS) is 19.0. The molecule has 0 amide bonds. The zero-order chi connectivity index (χ0) is 52.2. The van der Waals surface area contributed by atoms with Crippen LogP contribution < -0.4 is 52.1 Å². The summed E-state index contributed by atoms with van der Waals surface area (Å²) in [6.45, 7) is 3.33. The second-order valence-corrected chi connectivity index (χ2v) is 18.4. The largest absolute Gasteiger partial charge is 0.493 e. The van der Waals surface area contributed by atoms with Crippen molar-refractivity contribution in [3.63, 3.8) is 0 Å². The number of carbonyl (C=O) groups is 2. The van der Waals surface area contributed by atoms with Crippen molar-refractivity contribution in [3.05, 3.63) is 88.0 Å². The molecule has 0 radical (unpaired) electrons. The Morgan fingerprint density at radius 1 is 0.458 bits per heavy atom. The average Bonchev–Trinajstić information content (AvgIpc) is 3.40. The minimum absolute atomic E-state index is 0.0000674. The fourth-order valence-electron chi connectivity index (χ4n) is 10.5. The second-order valence-electron chi connectivity index (χ2n) is 18.4. The molecule has 17 nitrogen and oxygen atoms in total. The Morgan fingerprint density at radius 3 is 1.26 bits per heavy atom. The number of rotatable bonds is 25. The molecular formula is C55H74N2O15+2. The van der Waals surface area contributed by atoms with Crippen LogP contribution in [0.25, 0.3) is 0 Å². The number of methoxy groups -OCH3 is 11. The molecule has 0 aliphatic carbocycles. The van der Waals surface area contributed by atoms with Gasteiger partial charge in [0.2, 0.25) is 17.2 Å². The van der Waals surface area contributed by atoms with Crippen LogP contribution in [0.3, 0.4) is 0 Å². The maximum absolute atomic E-state index is 13.0. The van der Waals surface area contributed by atoms with Gasteiger partial charge in [0.05, 0.1) is 137 Å². The number of hydrogen-bond donors (Lipinski definition) is 0. The molecule has 2 heterocycles. The van der Waals surface area contributed by atoms with Gasteiger partial charge in [-0.25, -0.2) is 9.59 Å². The summed E-state index contributed by atoms with van der Waals surface area (Å²) in [5, 5.41) is 0. The number of carbonyl (C=O) groups excluding carboxylic acids is 2. The molecule has 2 aliphatic rings. The second kappa shape index (κ2) is 24.6.